The smallest absolute Gasteiger partial charge is 0.313 e. The Morgan fingerprint density at radius 3 is 1.46 bits per heavy atom. The highest BCUT2D eigenvalue weighted by Crippen LogP contribution is 2.71. The molecule has 0 aliphatic heterocycles. The van der Waals surface area contributed by atoms with Crippen LogP contribution in [0, 0.1) is 0 Å². The van der Waals surface area contributed by atoms with Crippen molar-refractivity contribution in [2.75, 3.05) is 26.4 Å². The van der Waals surface area contributed by atoms with Crippen LogP contribution in [0.2, 0.25) is 5.02 Å². The van der Waals surface area contributed by atoms with E-state index in [9.17, 15) is 9.13 Å². The quantitative estimate of drug-likeness (QED) is 0.114. The van der Waals surface area contributed by atoms with Gasteiger partial charge in [-0.25, -0.2) is 0 Å². The minimum Gasteiger partial charge on any atom is -0.313 e. The minimum atomic E-state index is -4.08. The highest BCUT2D eigenvalue weighted by atomic mass is 35.5. The fraction of sp³-hybridized carbons (Fsp3) is 0.333. The van der Waals surface area contributed by atoms with Crippen molar-refractivity contribution in [1.82, 2.24) is 0 Å². The van der Waals surface area contributed by atoms with E-state index in [4.69, 9.17) is 29.7 Å². The van der Waals surface area contributed by atoms with Gasteiger partial charge in [0.25, 0.3) is 0 Å². The molecule has 0 saturated heterocycles. The summed E-state index contributed by atoms with van der Waals surface area (Å²) in [6.07, 6.45) is 3.13. The van der Waals surface area contributed by atoms with E-state index >= 15 is 4.57 Å². The fourth-order valence-electron chi connectivity index (χ4n) is 4.59. The molecule has 11 heteroatoms. The maximum absolute atomic E-state index is 15.5. The molecule has 0 spiro atoms. The van der Waals surface area contributed by atoms with Gasteiger partial charge in [-0.1, -0.05) is 96.5 Å². The van der Waals surface area contributed by atoms with E-state index in [0.29, 0.717) is 21.2 Å². The van der Waals surface area contributed by atoms with Crippen molar-refractivity contribution in [1.29, 1.82) is 0 Å². The summed E-state index contributed by atoms with van der Waals surface area (Å²) in [6, 6.07) is 25.5. The molecule has 1 atom stereocenters. The van der Waals surface area contributed by atoms with Gasteiger partial charge in [0.05, 0.1) is 32.1 Å². The number of benzene rings is 3. The van der Waals surface area contributed by atoms with E-state index in [1.807, 2.05) is 66.7 Å². The number of halogens is 1. The van der Waals surface area contributed by atoms with Crippen molar-refractivity contribution in [3.63, 3.8) is 0 Å². The van der Waals surface area contributed by atoms with Gasteiger partial charge >= 0.3 is 15.2 Å². The van der Waals surface area contributed by atoms with Crippen molar-refractivity contribution >= 4 is 44.5 Å². The molecule has 0 bridgehead atoms. The molecule has 222 valence electrons. The Balaban J connectivity index is 2.35. The summed E-state index contributed by atoms with van der Waals surface area (Å²) in [5.41, 5.74) is -0.129. The molecule has 41 heavy (non-hydrogen) atoms. The van der Waals surface area contributed by atoms with Crippen LogP contribution >= 0.6 is 33.9 Å². The van der Waals surface area contributed by atoms with Crippen molar-refractivity contribution in [3.8, 4) is 0 Å². The summed E-state index contributed by atoms with van der Waals surface area (Å²) in [5, 5.41) is 0.297. The topological polar surface area (TPSA) is 88.1 Å². The first-order valence-corrected chi connectivity index (χ1v) is 19.0. The van der Waals surface area contributed by atoms with Crippen LogP contribution in [0.15, 0.2) is 97.1 Å². The summed E-state index contributed by atoms with van der Waals surface area (Å²) < 4.78 is 66.4. The van der Waals surface area contributed by atoms with Crippen LogP contribution in [-0.2, 0) is 31.8 Å². The first-order chi connectivity index (χ1) is 19.7. The lowest BCUT2D eigenvalue weighted by Gasteiger charge is -2.31. The standard InChI is InChI=1S/C30H38ClO7P3/c1-5-35-40(33,36-6-2)30(41(34,37-7-3)38-8-4)23-22-29(25-16-15-17-26(31)24-25)39(32,27-18-11-9-12-19-27)28-20-13-10-14-21-28/h9-24,29-30H,5-8H2,1-4H3/b23-22+. The second-order valence-electron chi connectivity index (χ2n) is 8.88. The lowest BCUT2D eigenvalue weighted by molar-refractivity contribution is 0.200. The van der Waals surface area contributed by atoms with Crippen molar-refractivity contribution in [3.05, 3.63) is 108 Å². The zero-order chi connectivity index (χ0) is 29.9. The molecule has 0 amide bonds. The van der Waals surface area contributed by atoms with Gasteiger partial charge in [0.15, 0.2) is 12.5 Å². The maximum Gasteiger partial charge on any atom is 0.349 e. The van der Waals surface area contributed by atoms with Gasteiger partial charge in [-0.15, -0.1) is 0 Å². The van der Waals surface area contributed by atoms with Crippen LogP contribution in [-0.4, -0.2) is 31.8 Å². The van der Waals surface area contributed by atoms with E-state index in [1.54, 1.807) is 52.0 Å². The minimum absolute atomic E-state index is 0.0457. The van der Waals surface area contributed by atoms with Crippen molar-refractivity contribution < 1.29 is 31.8 Å². The Morgan fingerprint density at radius 2 is 1.07 bits per heavy atom. The second-order valence-corrected chi connectivity index (χ2v) is 16.9. The van der Waals surface area contributed by atoms with E-state index in [2.05, 4.69) is 0 Å². The molecule has 0 saturated carbocycles. The summed E-state index contributed by atoms with van der Waals surface area (Å²) >= 11 is 6.42. The third kappa shape index (κ3) is 7.99. The molecule has 7 nitrogen and oxygen atoms in total. The molecule has 1 unspecified atom stereocenters. The Labute approximate surface area is 248 Å². The summed E-state index contributed by atoms with van der Waals surface area (Å²) in [5.74, 6) is 0. The van der Waals surface area contributed by atoms with Gasteiger partial charge in [0, 0.05) is 15.6 Å². The Hall–Kier alpha value is -1.78. The Kier molecular flexibility index (Phi) is 12.8. The van der Waals surface area contributed by atoms with Crippen LogP contribution in [0.1, 0.15) is 38.9 Å². The first kappa shape index (κ1) is 33.7. The van der Waals surface area contributed by atoms with Gasteiger partial charge in [-0.05, 0) is 45.4 Å². The summed E-state index contributed by atoms with van der Waals surface area (Å²) in [6.45, 7) is 6.88. The first-order valence-electron chi connectivity index (χ1n) is 13.6. The lowest BCUT2D eigenvalue weighted by Crippen LogP contribution is -2.21. The lowest BCUT2D eigenvalue weighted by atomic mass is 10.1. The van der Waals surface area contributed by atoms with Gasteiger partial charge < -0.3 is 22.7 Å². The van der Waals surface area contributed by atoms with Crippen molar-refractivity contribution in [2.45, 2.75) is 38.8 Å². The SMILES string of the molecule is CCOP(=O)(OCC)C(/C=C/C(c1cccc(Cl)c1)P(=O)(c1ccccc1)c1ccccc1)P(=O)(OCC)OCC. The van der Waals surface area contributed by atoms with Gasteiger partial charge in [0.1, 0.15) is 0 Å². The van der Waals surface area contributed by atoms with Crippen LogP contribution in [0.3, 0.4) is 0 Å². The normalized spacial score (nSPS) is 13.6. The van der Waals surface area contributed by atoms with E-state index in [-0.39, 0.29) is 26.4 Å². The number of hydrogen-bond donors (Lipinski definition) is 0. The van der Waals surface area contributed by atoms with E-state index in [1.165, 1.54) is 6.08 Å². The predicted octanol–water partition coefficient (Wildman–Crippen LogP) is 8.81. The number of allylic oxidation sites excluding steroid dienone is 2. The van der Waals surface area contributed by atoms with Gasteiger partial charge in [-0.3, -0.25) is 9.13 Å². The van der Waals surface area contributed by atoms with Crippen molar-refractivity contribution in [2.24, 2.45) is 0 Å². The molecular weight excluding hydrogens is 601 g/mol. The molecule has 0 heterocycles. The highest BCUT2D eigenvalue weighted by molar-refractivity contribution is 7.79. The molecule has 3 aromatic carbocycles. The van der Waals surface area contributed by atoms with E-state index in [0.717, 1.165) is 0 Å². The number of hydrogen-bond acceptors (Lipinski definition) is 7. The zero-order valence-corrected chi connectivity index (χ0v) is 27.2. The zero-order valence-electron chi connectivity index (χ0n) is 23.8. The predicted molar refractivity (Wildman–Crippen MR) is 169 cm³/mol. The number of rotatable bonds is 16. The highest BCUT2D eigenvalue weighted by Gasteiger charge is 2.50. The average Bonchev–Trinajstić information content (AvgIpc) is 2.96. The van der Waals surface area contributed by atoms with Gasteiger partial charge in [-0.2, -0.15) is 0 Å². The molecule has 0 aromatic heterocycles. The summed E-state index contributed by atoms with van der Waals surface area (Å²) in [4.78, 5) is 0. The molecule has 0 aliphatic carbocycles. The largest absolute Gasteiger partial charge is 0.349 e. The fourth-order valence-corrected chi connectivity index (χ4v) is 12.9. The molecule has 0 radical (unpaired) electrons. The average molecular weight is 639 g/mol. The molecule has 0 fully saturated rings. The summed E-state index contributed by atoms with van der Waals surface area (Å²) in [7, 11) is -11.6. The second kappa shape index (κ2) is 15.6. The molecule has 0 N–H and O–H groups in total. The van der Waals surface area contributed by atoms with Gasteiger partial charge in [0.2, 0.25) is 0 Å². The van der Waals surface area contributed by atoms with Crippen LogP contribution < -0.4 is 10.6 Å². The maximum atomic E-state index is 15.5. The molecule has 3 rings (SSSR count). The molecule has 0 aliphatic rings. The molecular formula is C30H38ClO7P3. The van der Waals surface area contributed by atoms with E-state index < -0.39 is 33.4 Å². The van der Waals surface area contributed by atoms with Crippen LogP contribution in [0.25, 0.3) is 0 Å². The van der Waals surface area contributed by atoms with Crippen LogP contribution in [0.4, 0.5) is 0 Å². The molecule has 3 aromatic rings. The monoisotopic (exact) mass is 638 g/mol. The van der Waals surface area contributed by atoms with Crippen LogP contribution in [0.5, 0.6) is 0 Å². The Bertz CT molecular complexity index is 1320. The third-order valence-electron chi connectivity index (χ3n) is 6.21. The Morgan fingerprint density at radius 1 is 0.634 bits per heavy atom. The third-order valence-corrected chi connectivity index (χ3v) is 15.6.